The summed E-state index contributed by atoms with van der Waals surface area (Å²) in [4.78, 5) is 11.9. The Balaban J connectivity index is 1.76. The lowest BCUT2D eigenvalue weighted by Crippen LogP contribution is -2.08. The SMILES string of the molecule is CCOC(=O)[C@@H]1[C@H]2C=C3CCc4cccc(c43)[C@@H]21. The molecule has 4 rings (SSSR count). The molecule has 1 fully saturated rings. The molecule has 3 aliphatic rings. The number of rotatable bonds is 2. The minimum absolute atomic E-state index is 0.0121. The lowest BCUT2D eigenvalue weighted by molar-refractivity contribution is -0.145. The zero-order valence-corrected chi connectivity index (χ0v) is 10.5. The molecule has 0 unspecified atom stereocenters. The summed E-state index contributed by atoms with van der Waals surface area (Å²) >= 11 is 0. The second-order valence-electron chi connectivity index (χ2n) is 5.45. The molecule has 1 aromatic carbocycles. The first-order chi connectivity index (χ1) is 8.81. The lowest BCUT2D eigenvalue weighted by atomic mass is 9.91. The number of hydrogen-bond donors (Lipinski definition) is 0. The topological polar surface area (TPSA) is 26.3 Å². The van der Waals surface area contributed by atoms with Crippen LogP contribution >= 0.6 is 0 Å². The number of benzene rings is 1. The third kappa shape index (κ3) is 1.21. The average molecular weight is 240 g/mol. The third-order valence-corrected chi connectivity index (χ3v) is 4.55. The fraction of sp³-hybridized carbons (Fsp3) is 0.438. The van der Waals surface area contributed by atoms with Gasteiger partial charge in [0.25, 0.3) is 0 Å². The van der Waals surface area contributed by atoms with Crippen LogP contribution in [0.25, 0.3) is 5.57 Å². The van der Waals surface area contributed by atoms with E-state index in [2.05, 4.69) is 24.3 Å². The van der Waals surface area contributed by atoms with Gasteiger partial charge in [-0.1, -0.05) is 24.3 Å². The number of carbonyl (C=O) groups excluding carboxylic acids is 1. The molecule has 2 heteroatoms. The van der Waals surface area contributed by atoms with Gasteiger partial charge in [0.05, 0.1) is 12.5 Å². The molecule has 1 aromatic rings. The predicted octanol–water partition coefficient (Wildman–Crippen LogP) is 2.92. The molecule has 0 aromatic heterocycles. The van der Waals surface area contributed by atoms with E-state index < -0.39 is 0 Å². The van der Waals surface area contributed by atoms with E-state index in [1.54, 1.807) is 0 Å². The van der Waals surface area contributed by atoms with Gasteiger partial charge >= 0.3 is 5.97 Å². The first-order valence-electron chi connectivity index (χ1n) is 6.80. The van der Waals surface area contributed by atoms with Gasteiger partial charge in [-0.25, -0.2) is 0 Å². The van der Waals surface area contributed by atoms with Gasteiger partial charge in [-0.15, -0.1) is 0 Å². The van der Waals surface area contributed by atoms with Crippen LogP contribution in [-0.2, 0) is 16.0 Å². The molecule has 0 N–H and O–H groups in total. The van der Waals surface area contributed by atoms with Crippen LogP contribution < -0.4 is 0 Å². The first-order valence-corrected chi connectivity index (χ1v) is 6.80. The number of hydrogen-bond acceptors (Lipinski definition) is 2. The summed E-state index contributed by atoms with van der Waals surface area (Å²) < 4.78 is 5.19. The number of esters is 1. The van der Waals surface area contributed by atoms with Crippen molar-refractivity contribution in [3.63, 3.8) is 0 Å². The Kier molecular flexibility index (Phi) is 2.00. The van der Waals surface area contributed by atoms with Gasteiger partial charge in [-0.3, -0.25) is 4.79 Å². The minimum Gasteiger partial charge on any atom is -0.466 e. The number of aryl methyl sites for hydroxylation is 1. The highest BCUT2D eigenvalue weighted by molar-refractivity contribution is 5.86. The van der Waals surface area contributed by atoms with Crippen molar-refractivity contribution in [1.82, 2.24) is 0 Å². The second-order valence-corrected chi connectivity index (χ2v) is 5.45. The monoisotopic (exact) mass is 240 g/mol. The standard InChI is InChI=1S/C16H16O2/c1-2-18-16(17)15-12-8-10-7-6-9-4-3-5-11(13(9)10)14(12)15/h3-5,8,12,14-15H,2,6-7H2,1H3/t12-,14-,15+/m0/s1. The molecule has 0 radical (unpaired) electrons. The Morgan fingerprint density at radius 3 is 3.11 bits per heavy atom. The van der Waals surface area contributed by atoms with Crippen LogP contribution in [0, 0.1) is 11.8 Å². The average Bonchev–Trinajstić information content (AvgIpc) is 2.96. The zero-order chi connectivity index (χ0) is 12.3. The molecular formula is C16H16O2. The molecule has 0 heterocycles. The van der Waals surface area contributed by atoms with E-state index >= 15 is 0 Å². The van der Waals surface area contributed by atoms with Crippen molar-refractivity contribution in [1.29, 1.82) is 0 Å². The summed E-state index contributed by atoms with van der Waals surface area (Å²) in [6.07, 6.45) is 4.65. The van der Waals surface area contributed by atoms with E-state index in [-0.39, 0.29) is 11.9 Å². The maximum Gasteiger partial charge on any atom is 0.310 e. The van der Waals surface area contributed by atoms with Gasteiger partial charge in [0.15, 0.2) is 0 Å². The molecule has 3 aliphatic carbocycles. The van der Waals surface area contributed by atoms with Gasteiger partial charge in [-0.05, 0) is 47.9 Å². The molecule has 0 spiro atoms. The predicted molar refractivity (Wildman–Crippen MR) is 69.1 cm³/mol. The Hall–Kier alpha value is -1.57. The van der Waals surface area contributed by atoms with E-state index in [4.69, 9.17) is 4.74 Å². The van der Waals surface area contributed by atoms with Crippen molar-refractivity contribution in [3.8, 4) is 0 Å². The normalized spacial score (nSPS) is 30.3. The van der Waals surface area contributed by atoms with Gasteiger partial charge in [0.1, 0.15) is 0 Å². The van der Waals surface area contributed by atoms with Gasteiger partial charge in [0, 0.05) is 5.92 Å². The largest absolute Gasteiger partial charge is 0.466 e. The highest BCUT2D eigenvalue weighted by atomic mass is 16.5. The van der Waals surface area contributed by atoms with Crippen LogP contribution in [0.3, 0.4) is 0 Å². The Morgan fingerprint density at radius 1 is 1.39 bits per heavy atom. The fourth-order valence-corrected chi connectivity index (χ4v) is 3.78. The molecule has 0 aliphatic heterocycles. The van der Waals surface area contributed by atoms with Crippen molar-refractivity contribution < 1.29 is 9.53 Å². The van der Waals surface area contributed by atoms with E-state index in [1.807, 2.05) is 6.92 Å². The minimum atomic E-state index is -0.0121. The molecule has 0 amide bonds. The van der Waals surface area contributed by atoms with E-state index in [1.165, 1.54) is 28.7 Å². The van der Waals surface area contributed by atoms with E-state index in [9.17, 15) is 4.79 Å². The lowest BCUT2D eigenvalue weighted by Gasteiger charge is -2.13. The summed E-state index contributed by atoms with van der Waals surface area (Å²) in [5, 5.41) is 0. The van der Waals surface area contributed by atoms with E-state index in [0.717, 1.165) is 6.42 Å². The van der Waals surface area contributed by atoms with Crippen LogP contribution in [0.5, 0.6) is 0 Å². The molecule has 18 heavy (non-hydrogen) atoms. The molecule has 1 saturated carbocycles. The van der Waals surface area contributed by atoms with Crippen molar-refractivity contribution in [2.45, 2.75) is 25.7 Å². The quantitative estimate of drug-likeness (QED) is 0.743. The number of allylic oxidation sites excluding steroid dienone is 2. The third-order valence-electron chi connectivity index (χ3n) is 4.55. The van der Waals surface area contributed by atoms with E-state index in [0.29, 0.717) is 18.4 Å². The van der Waals surface area contributed by atoms with Crippen molar-refractivity contribution in [3.05, 3.63) is 41.0 Å². The zero-order valence-electron chi connectivity index (χ0n) is 10.5. The molecule has 3 atom stereocenters. The Bertz CT molecular complexity index is 570. The van der Waals surface area contributed by atoms with Crippen LogP contribution in [0.2, 0.25) is 0 Å². The molecular weight excluding hydrogens is 224 g/mol. The second kappa shape index (κ2) is 3.47. The van der Waals surface area contributed by atoms with Crippen LogP contribution in [0.4, 0.5) is 0 Å². The smallest absolute Gasteiger partial charge is 0.310 e. The Morgan fingerprint density at radius 2 is 2.28 bits per heavy atom. The summed E-state index contributed by atoms with van der Waals surface area (Å²) in [6, 6.07) is 6.57. The van der Waals surface area contributed by atoms with Crippen molar-refractivity contribution in [2.24, 2.45) is 11.8 Å². The summed E-state index contributed by atoms with van der Waals surface area (Å²) in [6.45, 7) is 2.36. The van der Waals surface area contributed by atoms with Crippen LogP contribution in [-0.4, -0.2) is 12.6 Å². The summed E-state index contributed by atoms with van der Waals surface area (Å²) in [5.74, 6) is 0.859. The maximum absolute atomic E-state index is 11.9. The fourth-order valence-electron chi connectivity index (χ4n) is 3.78. The number of ether oxygens (including phenoxy) is 1. The van der Waals surface area contributed by atoms with Crippen molar-refractivity contribution >= 4 is 11.5 Å². The Labute approximate surface area is 107 Å². The summed E-state index contributed by atoms with van der Waals surface area (Å²) in [5.41, 5.74) is 5.77. The molecule has 0 bridgehead atoms. The van der Waals surface area contributed by atoms with Gasteiger partial charge < -0.3 is 4.74 Å². The molecule has 92 valence electrons. The maximum atomic E-state index is 11.9. The highest BCUT2D eigenvalue weighted by Crippen LogP contribution is 2.62. The van der Waals surface area contributed by atoms with Gasteiger partial charge in [0.2, 0.25) is 0 Å². The van der Waals surface area contributed by atoms with Crippen LogP contribution in [0.1, 0.15) is 36.0 Å². The summed E-state index contributed by atoms with van der Waals surface area (Å²) in [7, 11) is 0. The number of fused-ring (bicyclic) bond motifs is 2. The highest BCUT2D eigenvalue weighted by Gasteiger charge is 2.58. The molecule has 0 saturated heterocycles. The van der Waals surface area contributed by atoms with Crippen molar-refractivity contribution in [2.75, 3.05) is 6.61 Å². The first kappa shape index (κ1) is 10.4. The molecule has 2 nitrogen and oxygen atoms in total. The number of carbonyl (C=O) groups is 1. The van der Waals surface area contributed by atoms with Gasteiger partial charge in [-0.2, -0.15) is 0 Å². The van der Waals surface area contributed by atoms with Crippen LogP contribution in [0.15, 0.2) is 24.3 Å².